The topological polar surface area (TPSA) is 29.9 Å². The molecule has 3 nitrogen and oxygen atoms in total. The largest absolute Gasteiger partial charge is 0.314 e. The van der Waals surface area contributed by atoms with Gasteiger partial charge in [0.05, 0.1) is 5.69 Å². The van der Waals surface area contributed by atoms with Gasteiger partial charge in [-0.15, -0.1) is 0 Å². The fraction of sp³-hybridized carbons (Fsp3) is 0.812. The van der Waals surface area contributed by atoms with E-state index in [-0.39, 0.29) is 0 Å². The molecule has 1 aromatic rings. The molecule has 0 amide bonds. The minimum Gasteiger partial charge on any atom is -0.314 e. The zero-order chi connectivity index (χ0) is 13.9. The van der Waals surface area contributed by atoms with Crippen molar-refractivity contribution in [2.75, 3.05) is 6.54 Å². The predicted molar refractivity (Wildman–Crippen MR) is 80.4 cm³/mol. The molecule has 0 bridgehead atoms. The Morgan fingerprint density at radius 2 is 2.32 bits per heavy atom. The molecule has 1 saturated carbocycles. The van der Waals surface area contributed by atoms with Crippen LogP contribution in [0.3, 0.4) is 0 Å². The van der Waals surface area contributed by atoms with Crippen LogP contribution in [0.25, 0.3) is 0 Å². The number of nitrogens with zero attached hydrogens (tertiary/aromatic N) is 2. The van der Waals surface area contributed by atoms with E-state index in [1.165, 1.54) is 25.0 Å². The van der Waals surface area contributed by atoms with Gasteiger partial charge in [-0.1, -0.05) is 20.8 Å². The van der Waals surface area contributed by atoms with Crippen molar-refractivity contribution in [2.24, 2.45) is 5.41 Å². The Labute approximate surface area is 117 Å². The van der Waals surface area contributed by atoms with Crippen molar-refractivity contribution in [1.82, 2.24) is 15.1 Å². The standard InChI is InChI=1S/C16H29N3/c1-5-13(3)19-10-8-15(18-19)12-16(4)9-7-14(11-16)17-6-2/h8,10,13-14,17H,5-7,9,11-12H2,1-4H3. The van der Waals surface area contributed by atoms with Crippen LogP contribution in [0.4, 0.5) is 0 Å². The lowest BCUT2D eigenvalue weighted by Crippen LogP contribution is -2.28. The monoisotopic (exact) mass is 263 g/mol. The Kier molecular flexibility index (Phi) is 4.67. The van der Waals surface area contributed by atoms with Gasteiger partial charge in [-0.3, -0.25) is 4.68 Å². The maximum atomic E-state index is 4.76. The molecule has 19 heavy (non-hydrogen) atoms. The average Bonchev–Trinajstić information content (AvgIpc) is 2.97. The van der Waals surface area contributed by atoms with E-state index in [2.05, 4.69) is 50.0 Å². The highest BCUT2D eigenvalue weighted by molar-refractivity contribution is 5.05. The van der Waals surface area contributed by atoms with Crippen LogP contribution in [0, 0.1) is 5.41 Å². The SMILES string of the molecule is CCNC1CCC(C)(Cc2ccn(C(C)CC)n2)C1. The molecule has 0 aliphatic heterocycles. The van der Waals surface area contributed by atoms with E-state index in [0.717, 1.165) is 19.4 Å². The van der Waals surface area contributed by atoms with E-state index < -0.39 is 0 Å². The maximum Gasteiger partial charge on any atom is 0.0630 e. The van der Waals surface area contributed by atoms with Crippen molar-refractivity contribution < 1.29 is 0 Å². The fourth-order valence-corrected chi connectivity index (χ4v) is 3.29. The van der Waals surface area contributed by atoms with Crippen molar-refractivity contribution in [3.05, 3.63) is 18.0 Å². The summed E-state index contributed by atoms with van der Waals surface area (Å²) in [6.45, 7) is 10.2. The molecule has 1 aliphatic carbocycles. The van der Waals surface area contributed by atoms with Crippen LogP contribution >= 0.6 is 0 Å². The first-order valence-electron chi connectivity index (χ1n) is 7.83. The van der Waals surface area contributed by atoms with Crippen LogP contribution in [0.1, 0.15) is 65.1 Å². The molecule has 1 fully saturated rings. The third-order valence-electron chi connectivity index (χ3n) is 4.64. The first-order chi connectivity index (χ1) is 9.06. The van der Waals surface area contributed by atoms with E-state index in [1.54, 1.807) is 0 Å². The quantitative estimate of drug-likeness (QED) is 0.850. The van der Waals surface area contributed by atoms with Crippen molar-refractivity contribution in [1.29, 1.82) is 0 Å². The van der Waals surface area contributed by atoms with E-state index in [9.17, 15) is 0 Å². The third-order valence-corrected chi connectivity index (χ3v) is 4.64. The van der Waals surface area contributed by atoms with Crippen LogP contribution in [-0.2, 0) is 6.42 Å². The molecule has 1 aromatic heterocycles. The van der Waals surface area contributed by atoms with Gasteiger partial charge in [0.2, 0.25) is 0 Å². The van der Waals surface area contributed by atoms with Crippen molar-refractivity contribution in [3.63, 3.8) is 0 Å². The molecule has 0 aromatic carbocycles. The molecular formula is C16H29N3. The molecule has 1 aliphatic rings. The summed E-state index contributed by atoms with van der Waals surface area (Å²) in [4.78, 5) is 0. The van der Waals surface area contributed by atoms with Crippen molar-refractivity contribution in [3.8, 4) is 0 Å². The second-order valence-electron chi connectivity index (χ2n) is 6.53. The highest BCUT2D eigenvalue weighted by Crippen LogP contribution is 2.40. The van der Waals surface area contributed by atoms with E-state index in [1.807, 2.05) is 0 Å². The van der Waals surface area contributed by atoms with E-state index >= 15 is 0 Å². The van der Waals surface area contributed by atoms with E-state index in [0.29, 0.717) is 17.5 Å². The highest BCUT2D eigenvalue weighted by atomic mass is 15.3. The molecule has 3 heteroatoms. The van der Waals surface area contributed by atoms with Crippen LogP contribution in [0.2, 0.25) is 0 Å². The first kappa shape index (κ1) is 14.6. The molecule has 0 spiro atoms. The minimum atomic E-state index is 0.432. The average molecular weight is 263 g/mol. The Balaban J connectivity index is 1.95. The summed E-state index contributed by atoms with van der Waals surface area (Å²) in [5.74, 6) is 0. The van der Waals surface area contributed by atoms with Gasteiger partial charge in [-0.25, -0.2) is 0 Å². The maximum absolute atomic E-state index is 4.76. The smallest absolute Gasteiger partial charge is 0.0630 e. The molecular weight excluding hydrogens is 234 g/mol. The molecule has 108 valence electrons. The van der Waals surface area contributed by atoms with Gasteiger partial charge in [-0.2, -0.15) is 5.10 Å². The zero-order valence-electron chi connectivity index (χ0n) is 12.9. The molecule has 1 heterocycles. The van der Waals surface area contributed by atoms with Crippen molar-refractivity contribution in [2.45, 2.75) is 71.9 Å². The predicted octanol–water partition coefficient (Wildman–Crippen LogP) is 3.56. The summed E-state index contributed by atoms with van der Waals surface area (Å²) >= 11 is 0. The lowest BCUT2D eigenvalue weighted by atomic mass is 9.83. The van der Waals surface area contributed by atoms with Gasteiger partial charge in [0.25, 0.3) is 0 Å². The Hall–Kier alpha value is -0.830. The third kappa shape index (κ3) is 3.59. The normalized spacial score (nSPS) is 28.7. The number of aromatic nitrogens is 2. The lowest BCUT2D eigenvalue weighted by Gasteiger charge is -2.23. The second kappa shape index (κ2) is 6.08. The molecule has 0 radical (unpaired) electrons. The summed E-state index contributed by atoms with van der Waals surface area (Å²) < 4.78 is 2.12. The Morgan fingerprint density at radius 3 is 3.00 bits per heavy atom. The molecule has 3 unspecified atom stereocenters. The Bertz CT molecular complexity index is 398. The summed E-state index contributed by atoms with van der Waals surface area (Å²) in [6, 6.07) is 3.43. The fourth-order valence-electron chi connectivity index (χ4n) is 3.29. The molecule has 3 atom stereocenters. The Morgan fingerprint density at radius 1 is 1.53 bits per heavy atom. The van der Waals surface area contributed by atoms with E-state index in [4.69, 9.17) is 5.10 Å². The van der Waals surface area contributed by atoms with Gasteiger partial charge < -0.3 is 5.32 Å². The van der Waals surface area contributed by atoms with Gasteiger partial charge in [-0.05, 0) is 57.1 Å². The second-order valence-corrected chi connectivity index (χ2v) is 6.53. The summed E-state index contributed by atoms with van der Waals surface area (Å²) in [6.07, 6.45) is 8.33. The van der Waals surface area contributed by atoms with Crippen LogP contribution in [0.15, 0.2) is 12.3 Å². The minimum absolute atomic E-state index is 0.432. The van der Waals surface area contributed by atoms with Gasteiger partial charge in [0.15, 0.2) is 0 Å². The van der Waals surface area contributed by atoms with Crippen LogP contribution < -0.4 is 5.32 Å². The zero-order valence-corrected chi connectivity index (χ0v) is 12.9. The first-order valence-corrected chi connectivity index (χ1v) is 7.83. The number of nitrogens with one attached hydrogen (secondary N) is 1. The number of rotatable bonds is 6. The van der Waals surface area contributed by atoms with Crippen molar-refractivity contribution >= 4 is 0 Å². The van der Waals surface area contributed by atoms with Crippen LogP contribution in [0.5, 0.6) is 0 Å². The summed E-state index contributed by atoms with van der Waals surface area (Å²) in [5, 5.41) is 8.35. The highest BCUT2D eigenvalue weighted by Gasteiger charge is 2.35. The molecule has 2 rings (SSSR count). The van der Waals surface area contributed by atoms with Gasteiger partial charge in [0.1, 0.15) is 0 Å². The summed E-state index contributed by atoms with van der Waals surface area (Å²) in [5.41, 5.74) is 1.70. The molecule has 0 saturated heterocycles. The van der Waals surface area contributed by atoms with Gasteiger partial charge in [0, 0.05) is 18.3 Å². The van der Waals surface area contributed by atoms with Crippen LogP contribution in [-0.4, -0.2) is 22.4 Å². The lowest BCUT2D eigenvalue weighted by molar-refractivity contribution is 0.317. The molecule has 1 N–H and O–H groups in total. The number of hydrogen-bond acceptors (Lipinski definition) is 2. The summed E-state index contributed by atoms with van der Waals surface area (Å²) in [7, 11) is 0. The number of hydrogen-bond donors (Lipinski definition) is 1. The van der Waals surface area contributed by atoms with Gasteiger partial charge >= 0.3 is 0 Å².